The summed E-state index contributed by atoms with van der Waals surface area (Å²) in [6.07, 6.45) is 13.4. The molecule has 1 aliphatic rings. The van der Waals surface area contributed by atoms with Gasteiger partial charge in [-0.05, 0) is 42.9 Å². The first-order chi connectivity index (χ1) is 9.38. The van der Waals surface area contributed by atoms with E-state index in [1.807, 2.05) is 12.3 Å². The summed E-state index contributed by atoms with van der Waals surface area (Å²) in [6, 6.07) is 8.57. The molecule has 1 nitrogen and oxygen atoms in total. The number of hydrogen-bond donors (Lipinski definition) is 0. The van der Waals surface area contributed by atoms with Crippen molar-refractivity contribution < 1.29 is 0 Å². The molecule has 1 aromatic heterocycles. The maximum Gasteiger partial charge on any atom is 0.0739 e. The molecule has 0 N–H and O–H groups in total. The average Bonchev–Trinajstić information content (AvgIpc) is 2.57. The minimum absolute atomic E-state index is 1.11. The summed E-state index contributed by atoms with van der Waals surface area (Å²) in [5, 5.41) is 1.25. The van der Waals surface area contributed by atoms with E-state index in [2.05, 4.69) is 48.3 Å². The molecule has 96 valence electrons. The van der Waals surface area contributed by atoms with Crippen LogP contribution in [-0.4, -0.2) is 4.98 Å². The molecule has 1 heteroatoms. The van der Waals surface area contributed by atoms with Crippen LogP contribution in [0.4, 0.5) is 0 Å². The SMILES string of the molecule is CCC1=C/CCCc2c(ccc3cccnc23)/C=C\1. The average molecular weight is 249 g/mol. The Morgan fingerprint density at radius 2 is 2.11 bits per heavy atom. The lowest BCUT2D eigenvalue weighted by Gasteiger charge is -2.08. The molecular weight excluding hydrogens is 230 g/mol. The zero-order chi connectivity index (χ0) is 13.1. The Morgan fingerprint density at radius 3 is 3.00 bits per heavy atom. The second-order valence-electron chi connectivity index (χ2n) is 5.07. The highest BCUT2D eigenvalue weighted by molar-refractivity contribution is 5.85. The van der Waals surface area contributed by atoms with Gasteiger partial charge in [0.1, 0.15) is 0 Å². The molecule has 1 heterocycles. The van der Waals surface area contributed by atoms with Crippen LogP contribution in [0.1, 0.15) is 37.3 Å². The molecule has 1 aromatic carbocycles. The monoisotopic (exact) mass is 249 g/mol. The fourth-order valence-corrected chi connectivity index (χ4v) is 2.73. The number of aromatic nitrogens is 1. The van der Waals surface area contributed by atoms with Gasteiger partial charge in [-0.25, -0.2) is 0 Å². The quantitative estimate of drug-likeness (QED) is 0.699. The Morgan fingerprint density at radius 1 is 1.16 bits per heavy atom. The first kappa shape index (κ1) is 12.2. The third kappa shape index (κ3) is 2.46. The van der Waals surface area contributed by atoms with Crippen molar-refractivity contribution >= 4 is 17.0 Å². The molecule has 1 aliphatic carbocycles. The van der Waals surface area contributed by atoms with Crippen molar-refractivity contribution in [2.45, 2.75) is 32.6 Å². The van der Waals surface area contributed by atoms with Gasteiger partial charge in [-0.15, -0.1) is 0 Å². The first-order valence-corrected chi connectivity index (χ1v) is 7.12. The third-order valence-corrected chi connectivity index (χ3v) is 3.84. The molecular formula is C18H19N. The molecule has 0 aliphatic heterocycles. The van der Waals surface area contributed by atoms with Crippen LogP contribution in [0.2, 0.25) is 0 Å². The number of fused-ring (bicyclic) bond motifs is 3. The van der Waals surface area contributed by atoms with Crippen LogP contribution in [0.5, 0.6) is 0 Å². The van der Waals surface area contributed by atoms with E-state index >= 15 is 0 Å². The maximum absolute atomic E-state index is 4.59. The fourth-order valence-electron chi connectivity index (χ4n) is 2.73. The number of pyridine rings is 1. The Bertz CT molecular complexity index is 650. The van der Waals surface area contributed by atoms with E-state index in [0.717, 1.165) is 19.3 Å². The number of hydrogen-bond acceptors (Lipinski definition) is 1. The highest BCUT2D eigenvalue weighted by atomic mass is 14.6. The van der Waals surface area contributed by atoms with Crippen LogP contribution in [0, 0.1) is 0 Å². The van der Waals surface area contributed by atoms with Crippen LogP contribution in [0.15, 0.2) is 48.2 Å². The molecule has 0 unspecified atom stereocenters. The number of benzene rings is 1. The zero-order valence-electron chi connectivity index (χ0n) is 11.4. The normalized spacial score (nSPS) is 19.7. The van der Waals surface area contributed by atoms with Gasteiger partial charge >= 0.3 is 0 Å². The largest absolute Gasteiger partial charge is 0.256 e. The van der Waals surface area contributed by atoms with Crippen molar-refractivity contribution in [3.63, 3.8) is 0 Å². The van der Waals surface area contributed by atoms with Gasteiger partial charge in [0.25, 0.3) is 0 Å². The van der Waals surface area contributed by atoms with Gasteiger partial charge in [-0.3, -0.25) is 4.98 Å². The molecule has 0 saturated heterocycles. The standard InChI is InChI=1S/C18H19N/c1-2-14-6-3-4-8-17-15(10-9-14)11-12-16-7-5-13-19-18(16)17/h5-7,9-13H,2-4,8H2,1H3/b10-9-,14-6-. The predicted molar refractivity (Wildman–Crippen MR) is 82.1 cm³/mol. The van der Waals surface area contributed by atoms with Gasteiger partial charge < -0.3 is 0 Å². The second-order valence-corrected chi connectivity index (χ2v) is 5.07. The van der Waals surface area contributed by atoms with Crippen molar-refractivity contribution in [1.29, 1.82) is 0 Å². The lowest BCUT2D eigenvalue weighted by molar-refractivity contribution is 0.840. The van der Waals surface area contributed by atoms with E-state index in [0.29, 0.717) is 0 Å². The van der Waals surface area contributed by atoms with E-state index in [1.165, 1.54) is 34.0 Å². The second kappa shape index (κ2) is 5.40. The van der Waals surface area contributed by atoms with Crippen LogP contribution >= 0.6 is 0 Å². The van der Waals surface area contributed by atoms with Gasteiger partial charge in [0, 0.05) is 11.6 Å². The molecule has 0 fully saturated rings. The predicted octanol–water partition coefficient (Wildman–Crippen LogP) is 4.92. The molecule has 0 bridgehead atoms. The molecule has 0 saturated carbocycles. The van der Waals surface area contributed by atoms with Crippen molar-refractivity contribution in [1.82, 2.24) is 4.98 Å². The van der Waals surface area contributed by atoms with Gasteiger partial charge in [0.2, 0.25) is 0 Å². The number of aryl methyl sites for hydroxylation is 1. The van der Waals surface area contributed by atoms with Crippen molar-refractivity contribution in [3.8, 4) is 0 Å². The summed E-state index contributed by atoms with van der Waals surface area (Å²) in [5.74, 6) is 0. The summed E-state index contributed by atoms with van der Waals surface area (Å²) in [4.78, 5) is 4.59. The molecule has 19 heavy (non-hydrogen) atoms. The molecule has 2 aromatic rings. The summed E-state index contributed by atoms with van der Waals surface area (Å²) in [5.41, 5.74) is 5.34. The van der Waals surface area contributed by atoms with Crippen LogP contribution in [0.25, 0.3) is 17.0 Å². The van der Waals surface area contributed by atoms with Gasteiger partial charge in [-0.2, -0.15) is 0 Å². The van der Waals surface area contributed by atoms with Gasteiger partial charge in [0.15, 0.2) is 0 Å². The minimum Gasteiger partial charge on any atom is -0.256 e. The highest BCUT2D eigenvalue weighted by Gasteiger charge is 2.08. The summed E-state index contributed by atoms with van der Waals surface area (Å²) in [7, 11) is 0. The fraction of sp³-hybridized carbons (Fsp3) is 0.278. The Kier molecular flexibility index (Phi) is 3.45. The van der Waals surface area contributed by atoms with Crippen molar-refractivity contribution in [3.05, 3.63) is 59.3 Å². The Labute approximate surface area is 114 Å². The molecule has 0 spiro atoms. The summed E-state index contributed by atoms with van der Waals surface area (Å²) in [6.45, 7) is 2.22. The number of allylic oxidation sites excluding steroid dienone is 3. The summed E-state index contributed by atoms with van der Waals surface area (Å²) >= 11 is 0. The lowest BCUT2D eigenvalue weighted by Crippen LogP contribution is -1.93. The first-order valence-electron chi connectivity index (χ1n) is 7.12. The summed E-state index contributed by atoms with van der Waals surface area (Å²) < 4.78 is 0. The third-order valence-electron chi connectivity index (χ3n) is 3.84. The van der Waals surface area contributed by atoms with Crippen molar-refractivity contribution in [2.75, 3.05) is 0 Å². The Balaban J connectivity index is 2.14. The van der Waals surface area contributed by atoms with E-state index in [-0.39, 0.29) is 0 Å². The molecule has 3 rings (SSSR count). The van der Waals surface area contributed by atoms with E-state index in [4.69, 9.17) is 0 Å². The lowest BCUT2D eigenvalue weighted by atomic mass is 9.98. The maximum atomic E-state index is 4.59. The zero-order valence-corrected chi connectivity index (χ0v) is 11.4. The van der Waals surface area contributed by atoms with Gasteiger partial charge in [-0.1, -0.05) is 48.9 Å². The smallest absolute Gasteiger partial charge is 0.0739 e. The Hall–Kier alpha value is -1.89. The number of nitrogens with zero attached hydrogens (tertiary/aromatic N) is 1. The highest BCUT2D eigenvalue weighted by Crippen LogP contribution is 2.25. The van der Waals surface area contributed by atoms with Gasteiger partial charge in [0.05, 0.1) is 5.52 Å². The van der Waals surface area contributed by atoms with E-state index < -0.39 is 0 Å². The van der Waals surface area contributed by atoms with E-state index in [1.54, 1.807) is 0 Å². The van der Waals surface area contributed by atoms with Crippen LogP contribution in [0.3, 0.4) is 0 Å². The topological polar surface area (TPSA) is 12.9 Å². The molecule has 0 amide bonds. The molecule has 0 radical (unpaired) electrons. The van der Waals surface area contributed by atoms with Crippen LogP contribution in [-0.2, 0) is 6.42 Å². The minimum atomic E-state index is 1.11. The molecule has 0 atom stereocenters. The number of rotatable bonds is 1. The van der Waals surface area contributed by atoms with Crippen LogP contribution < -0.4 is 0 Å². The van der Waals surface area contributed by atoms with E-state index in [9.17, 15) is 0 Å². The van der Waals surface area contributed by atoms with Crippen molar-refractivity contribution in [2.24, 2.45) is 0 Å².